The zero-order valence-electron chi connectivity index (χ0n) is 13.1. The van der Waals surface area contributed by atoms with E-state index in [9.17, 15) is 13.2 Å². The largest absolute Gasteiger partial charge is 0.276 e. The van der Waals surface area contributed by atoms with Gasteiger partial charge in [-0.2, -0.15) is 0 Å². The number of hydrogen-bond acceptors (Lipinski definition) is 5. The Hall–Kier alpha value is -2.48. The highest BCUT2D eigenvalue weighted by molar-refractivity contribution is 7.90. The second-order valence-corrected chi connectivity index (χ2v) is 8.61. The van der Waals surface area contributed by atoms with Gasteiger partial charge in [-0.1, -0.05) is 41.9 Å². The number of amides is 1. The zero-order chi connectivity index (χ0) is 18.3. The molecule has 4 rings (SSSR count). The first-order valence-electron chi connectivity index (χ1n) is 7.54. The molecule has 4 aromatic rings. The Bertz CT molecular complexity index is 1260. The summed E-state index contributed by atoms with van der Waals surface area (Å²) in [6.07, 6.45) is 3.07. The first-order valence-corrected chi connectivity index (χ1v) is 10.2. The SMILES string of the molecule is O=C(NS(=O)(=O)c1cccc2cnccc12)c1sc2ccccc2c1Cl. The van der Waals surface area contributed by atoms with Crippen LogP contribution < -0.4 is 4.72 Å². The fraction of sp³-hybridized carbons (Fsp3) is 0. The van der Waals surface area contributed by atoms with Crippen LogP contribution in [0.3, 0.4) is 0 Å². The Kier molecular flexibility index (Phi) is 4.14. The maximum absolute atomic E-state index is 12.8. The monoisotopic (exact) mass is 402 g/mol. The van der Waals surface area contributed by atoms with Gasteiger partial charge in [-0.25, -0.2) is 13.1 Å². The van der Waals surface area contributed by atoms with Crippen LogP contribution in [0.4, 0.5) is 0 Å². The molecule has 1 amide bonds. The molecule has 0 unspecified atom stereocenters. The molecule has 2 heterocycles. The van der Waals surface area contributed by atoms with Gasteiger partial charge >= 0.3 is 0 Å². The summed E-state index contributed by atoms with van der Waals surface area (Å²) in [5, 5.41) is 2.13. The molecule has 0 bridgehead atoms. The molecular formula is C18H11ClN2O3S2. The summed E-state index contributed by atoms with van der Waals surface area (Å²) in [6, 6.07) is 13.7. The highest BCUT2D eigenvalue weighted by Crippen LogP contribution is 2.35. The Labute approximate surface area is 158 Å². The molecule has 0 fully saturated rings. The fourth-order valence-corrected chi connectivity index (χ4v) is 5.38. The predicted octanol–water partition coefficient (Wildman–Crippen LogP) is 4.22. The lowest BCUT2D eigenvalue weighted by Crippen LogP contribution is -2.30. The maximum Gasteiger partial charge on any atom is 0.276 e. The molecule has 0 aliphatic carbocycles. The summed E-state index contributed by atoms with van der Waals surface area (Å²) in [4.78, 5) is 16.7. The van der Waals surface area contributed by atoms with E-state index in [-0.39, 0.29) is 14.8 Å². The molecule has 2 aromatic heterocycles. The van der Waals surface area contributed by atoms with Gasteiger partial charge in [0.1, 0.15) is 4.88 Å². The summed E-state index contributed by atoms with van der Waals surface area (Å²) in [6.45, 7) is 0. The van der Waals surface area contributed by atoms with Crippen molar-refractivity contribution in [3.63, 3.8) is 0 Å². The Morgan fingerprint density at radius 1 is 1.04 bits per heavy atom. The highest BCUT2D eigenvalue weighted by Gasteiger charge is 2.24. The molecule has 0 aliphatic heterocycles. The van der Waals surface area contributed by atoms with Gasteiger partial charge in [0.15, 0.2) is 0 Å². The standard InChI is InChI=1S/C18H11ClN2O3S2/c19-16-13-5-1-2-6-14(13)25-17(16)18(22)21-26(23,24)15-7-3-4-11-10-20-9-8-12(11)15/h1-10H,(H,21,22). The summed E-state index contributed by atoms with van der Waals surface area (Å²) < 4.78 is 28.5. The smallest absolute Gasteiger partial charge is 0.267 e. The molecule has 26 heavy (non-hydrogen) atoms. The molecule has 0 aliphatic rings. The minimum absolute atomic E-state index is 0.0167. The number of thiophene rings is 1. The van der Waals surface area contributed by atoms with Crippen LogP contribution in [0.5, 0.6) is 0 Å². The summed E-state index contributed by atoms with van der Waals surface area (Å²) in [5.74, 6) is -0.748. The van der Waals surface area contributed by atoms with Gasteiger partial charge in [0, 0.05) is 33.3 Å². The van der Waals surface area contributed by atoms with Crippen LogP contribution in [0.15, 0.2) is 65.8 Å². The number of aromatic nitrogens is 1. The van der Waals surface area contributed by atoms with E-state index in [0.717, 1.165) is 21.4 Å². The number of hydrogen-bond donors (Lipinski definition) is 1. The molecule has 0 spiro atoms. The lowest BCUT2D eigenvalue weighted by atomic mass is 10.2. The van der Waals surface area contributed by atoms with E-state index < -0.39 is 15.9 Å². The molecule has 5 nitrogen and oxygen atoms in total. The van der Waals surface area contributed by atoms with E-state index in [2.05, 4.69) is 9.71 Å². The minimum Gasteiger partial charge on any atom is -0.267 e. The number of nitrogens with zero attached hydrogens (tertiary/aromatic N) is 1. The number of fused-ring (bicyclic) bond motifs is 2. The summed E-state index contributed by atoms with van der Waals surface area (Å²) in [5.41, 5.74) is 0. The summed E-state index contributed by atoms with van der Waals surface area (Å²) in [7, 11) is -4.07. The molecule has 0 saturated carbocycles. The van der Waals surface area contributed by atoms with Crippen molar-refractivity contribution < 1.29 is 13.2 Å². The number of carbonyl (C=O) groups is 1. The third-order valence-corrected chi connectivity index (χ3v) is 6.96. The van der Waals surface area contributed by atoms with E-state index in [1.807, 2.05) is 18.2 Å². The lowest BCUT2D eigenvalue weighted by molar-refractivity contribution is 0.0985. The van der Waals surface area contributed by atoms with Gasteiger partial charge in [0.05, 0.1) is 9.92 Å². The number of nitrogens with one attached hydrogen (secondary N) is 1. The molecule has 0 saturated heterocycles. The van der Waals surface area contributed by atoms with Gasteiger partial charge in [-0.3, -0.25) is 9.78 Å². The zero-order valence-corrected chi connectivity index (χ0v) is 15.5. The van der Waals surface area contributed by atoms with Crippen molar-refractivity contribution in [3.8, 4) is 0 Å². The van der Waals surface area contributed by atoms with Crippen LogP contribution in [-0.4, -0.2) is 19.3 Å². The van der Waals surface area contributed by atoms with Gasteiger partial charge in [-0.05, 0) is 18.2 Å². The van der Waals surface area contributed by atoms with Crippen molar-refractivity contribution in [2.45, 2.75) is 4.90 Å². The lowest BCUT2D eigenvalue weighted by Gasteiger charge is -2.09. The number of carbonyl (C=O) groups excluding carboxylic acids is 1. The van der Waals surface area contributed by atoms with Crippen LogP contribution in [0.2, 0.25) is 5.02 Å². The van der Waals surface area contributed by atoms with Crippen LogP contribution in [0.1, 0.15) is 9.67 Å². The molecule has 2 aromatic carbocycles. The second-order valence-electron chi connectivity index (χ2n) is 5.53. The molecule has 1 N–H and O–H groups in total. The van der Waals surface area contributed by atoms with Crippen molar-refractivity contribution >= 4 is 59.7 Å². The number of halogens is 1. The first kappa shape index (κ1) is 17.0. The van der Waals surface area contributed by atoms with Gasteiger partial charge in [-0.15, -0.1) is 11.3 Å². The van der Waals surface area contributed by atoms with Gasteiger partial charge in [0.2, 0.25) is 0 Å². The van der Waals surface area contributed by atoms with Crippen molar-refractivity contribution in [1.29, 1.82) is 0 Å². The van der Waals surface area contributed by atoms with Gasteiger partial charge < -0.3 is 0 Å². The predicted molar refractivity (Wildman–Crippen MR) is 103 cm³/mol. The number of benzene rings is 2. The fourth-order valence-electron chi connectivity index (χ4n) is 2.71. The number of rotatable bonds is 3. The minimum atomic E-state index is -4.07. The van der Waals surface area contributed by atoms with Gasteiger partial charge in [0.25, 0.3) is 15.9 Å². The third kappa shape index (κ3) is 2.84. The second kappa shape index (κ2) is 6.35. The van der Waals surface area contributed by atoms with Crippen molar-refractivity contribution in [2.75, 3.05) is 0 Å². The Morgan fingerprint density at radius 2 is 1.85 bits per heavy atom. The average molecular weight is 403 g/mol. The molecule has 0 radical (unpaired) electrons. The van der Waals surface area contributed by atoms with E-state index >= 15 is 0 Å². The molecule has 8 heteroatoms. The highest BCUT2D eigenvalue weighted by atomic mass is 35.5. The molecular weight excluding hydrogens is 392 g/mol. The average Bonchev–Trinajstić information content (AvgIpc) is 2.98. The summed E-state index contributed by atoms with van der Waals surface area (Å²) >= 11 is 7.42. The molecule has 130 valence electrons. The van der Waals surface area contributed by atoms with Crippen LogP contribution >= 0.6 is 22.9 Å². The number of sulfonamides is 1. The quantitative estimate of drug-likeness (QED) is 0.556. The van der Waals surface area contributed by atoms with Crippen LogP contribution in [0.25, 0.3) is 20.9 Å². The first-order chi connectivity index (χ1) is 12.5. The maximum atomic E-state index is 12.8. The number of pyridine rings is 1. The van der Waals surface area contributed by atoms with E-state index in [0.29, 0.717) is 10.8 Å². The van der Waals surface area contributed by atoms with E-state index in [1.54, 1.807) is 30.5 Å². The Balaban J connectivity index is 1.75. The normalized spacial score (nSPS) is 11.7. The third-order valence-electron chi connectivity index (χ3n) is 3.90. The van der Waals surface area contributed by atoms with Crippen LogP contribution in [-0.2, 0) is 10.0 Å². The van der Waals surface area contributed by atoms with E-state index in [1.165, 1.54) is 12.3 Å². The van der Waals surface area contributed by atoms with Crippen LogP contribution in [0, 0.1) is 0 Å². The van der Waals surface area contributed by atoms with Crippen molar-refractivity contribution in [2.24, 2.45) is 0 Å². The van der Waals surface area contributed by atoms with Crippen molar-refractivity contribution in [3.05, 3.63) is 70.8 Å². The Morgan fingerprint density at radius 3 is 2.65 bits per heavy atom. The van der Waals surface area contributed by atoms with E-state index in [4.69, 9.17) is 11.6 Å². The molecule has 0 atom stereocenters. The topological polar surface area (TPSA) is 76.1 Å². The van der Waals surface area contributed by atoms with Crippen molar-refractivity contribution in [1.82, 2.24) is 9.71 Å².